The van der Waals surface area contributed by atoms with Crippen molar-refractivity contribution in [2.75, 3.05) is 5.32 Å². The van der Waals surface area contributed by atoms with E-state index in [2.05, 4.69) is 62.3 Å². The van der Waals surface area contributed by atoms with Gasteiger partial charge in [0, 0.05) is 10.6 Å². The van der Waals surface area contributed by atoms with E-state index in [4.69, 9.17) is 0 Å². The zero-order chi connectivity index (χ0) is 13.1. The lowest BCUT2D eigenvalue weighted by atomic mass is 10.1. The van der Waals surface area contributed by atoms with E-state index < -0.39 is 0 Å². The normalized spacial score (nSPS) is 12.4. The molecule has 0 radical (unpaired) electrons. The summed E-state index contributed by atoms with van der Waals surface area (Å²) in [4.78, 5) is 5.81. The zero-order valence-corrected chi connectivity index (χ0v) is 12.3. The molecule has 2 aromatic rings. The Morgan fingerprint density at radius 2 is 1.89 bits per heavy atom. The maximum absolute atomic E-state index is 4.48. The zero-order valence-electron chi connectivity index (χ0n) is 11.4. The van der Waals surface area contributed by atoms with Gasteiger partial charge in [0.25, 0.3) is 0 Å². The SMILES string of the molecule is CCc1ccc(NC(C)c2sc(C)nc2C)cc1. The van der Waals surface area contributed by atoms with Gasteiger partial charge in [0.15, 0.2) is 0 Å². The summed E-state index contributed by atoms with van der Waals surface area (Å²) in [6, 6.07) is 8.97. The molecule has 0 saturated heterocycles. The summed E-state index contributed by atoms with van der Waals surface area (Å²) in [7, 11) is 0. The molecular formula is C15H20N2S. The van der Waals surface area contributed by atoms with Crippen molar-refractivity contribution in [3.63, 3.8) is 0 Å². The van der Waals surface area contributed by atoms with Crippen LogP contribution < -0.4 is 5.32 Å². The molecule has 0 aliphatic rings. The fourth-order valence-corrected chi connectivity index (χ4v) is 3.03. The number of hydrogen-bond acceptors (Lipinski definition) is 3. The van der Waals surface area contributed by atoms with Gasteiger partial charge in [0.05, 0.1) is 16.7 Å². The molecule has 0 bridgehead atoms. The maximum Gasteiger partial charge on any atom is 0.0900 e. The Labute approximate surface area is 113 Å². The molecule has 2 nitrogen and oxygen atoms in total. The molecule has 1 atom stereocenters. The molecule has 1 aromatic heterocycles. The van der Waals surface area contributed by atoms with Crippen molar-refractivity contribution in [1.29, 1.82) is 0 Å². The van der Waals surface area contributed by atoms with Crippen molar-refractivity contribution in [1.82, 2.24) is 4.98 Å². The standard InChI is InChI=1S/C15H20N2S/c1-5-13-6-8-14(9-7-13)17-11(3)15-10(2)16-12(4)18-15/h6-9,11,17H,5H2,1-4H3. The van der Waals surface area contributed by atoms with Gasteiger partial charge in [0.1, 0.15) is 0 Å². The molecule has 0 aliphatic heterocycles. The predicted molar refractivity (Wildman–Crippen MR) is 79.4 cm³/mol. The second-order valence-corrected chi connectivity index (χ2v) is 5.83. The van der Waals surface area contributed by atoms with Gasteiger partial charge in [-0.05, 0) is 44.9 Å². The summed E-state index contributed by atoms with van der Waals surface area (Å²) < 4.78 is 0. The third-order valence-electron chi connectivity index (χ3n) is 3.08. The van der Waals surface area contributed by atoms with Gasteiger partial charge in [-0.15, -0.1) is 11.3 Å². The van der Waals surface area contributed by atoms with Crippen LogP contribution in [0.5, 0.6) is 0 Å². The lowest BCUT2D eigenvalue weighted by molar-refractivity contribution is 0.889. The molecule has 1 aromatic carbocycles. The Balaban J connectivity index is 2.10. The summed E-state index contributed by atoms with van der Waals surface area (Å²) >= 11 is 1.78. The second kappa shape index (κ2) is 5.53. The third-order valence-corrected chi connectivity index (χ3v) is 4.33. The van der Waals surface area contributed by atoms with Crippen molar-refractivity contribution in [2.24, 2.45) is 0 Å². The summed E-state index contributed by atoms with van der Waals surface area (Å²) in [6.45, 7) is 8.50. The number of nitrogens with zero attached hydrogens (tertiary/aromatic N) is 1. The molecule has 3 heteroatoms. The van der Waals surface area contributed by atoms with Gasteiger partial charge in [0.2, 0.25) is 0 Å². The van der Waals surface area contributed by atoms with Crippen molar-refractivity contribution < 1.29 is 0 Å². The molecule has 0 aliphatic carbocycles. The predicted octanol–water partition coefficient (Wildman–Crippen LogP) is 4.50. The Morgan fingerprint density at radius 1 is 1.22 bits per heavy atom. The van der Waals surface area contributed by atoms with Gasteiger partial charge < -0.3 is 5.32 Å². The minimum Gasteiger partial charge on any atom is -0.378 e. The summed E-state index contributed by atoms with van der Waals surface area (Å²) in [5.41, 5.74) is 3.69. The van der Waals surface area contributed by atoms with E-state index in [0.29, 0.717) is 6.04 Å². The number of anilines is 1. The fraction of sp³-hybridized carbons (Fsp3) is 0.400. The summed E-state index contributed by atoms with van der Waals surface area (Å²) in [5, 5.41) is 4.67. The van der Waals surface area contributed by atoms with Crippen LogP contribution in [0.4, 0.5) is 5.69 Å². The Morgan fingerprint density at radius 3 is 2.39 bits per heavy atom. The fourth-order valence-electron chi connectivity index (χ4n) is 2.10. The molecular weight excluding hydrogens is 240 g/mol. The minimum atomic E-state index is 0.309. The van der Waals surface area contributed by atoms with Crippen molar-refractivity contribution in [3.8, 4) is 0 Å². The molecule has 0 saturated carbocycles. The number of rotatable bonds is 4. The third kappa shape index (κ3) is 2.91. The van der Waals surface area contributed by atoms with E-state index >= 15 is 0 Å². The smallest absolute Gasteiger partial charge is 0.0900 e. The monoisotopic (exact) mass is 260 g/mol. The van der Waals surface area contributed by atoms with E-state index in [0.717, 1.165) is 17.1 Å². The van der Waals surface area contributed by atoms with Crippen molar-refractivity contribution in [2.45, 2.75) is 40.2 Å². The molecule has 0 fully saturated rings. The van der Waals surface area contributed by atoms with Crippen LogP contribution in [0.25, 0.3) is 0 Å². The first-order valence-corrected chi connectivity index (χ1v) is 7.21. The van der Waals surface area contributed by atoms with E-state index in [1.165, 1.54) is 16.1 Å². The van der Waals surface area contributed by atoms with E-state index in [1.54, 1.807) is 11.3 Å². The number of aromatic nitrogens is 1. The highest BCUT2D eigenvalue weighted by molar-refractivity contribution is 7.11. The molecule has 18 heavy (non-hydrogen) atoms. The van der Waals surface area contributed by atoms with Crippen LogP contribution in [-0.2, 0) is 6.42 Å². The van der Waals surface area contributed by atoms with E-state index in [9.17, 15) is 0 Å². The Hall–Kier alpha value is -1.35. The summed E-state index contributed by atoms with van der Waals surface area (Å²) in [5.74, 6) is 0. The molecule has 1 unspecified atom stereocenters. The van der Waals surface area contributed by atoms with Crippen LogP contribution in [0.15, 0.2) is 24.3 Å². The van der Waals surface area contributed by atoms with Crippen LogP contribution in [-0.4, -0.2) is 4.98 Å². The highest BCUT2D eigenvalue weighted by Gasteiger charge is 2.12. The molecule has 1 N–H and O–H groups in total. The lowest BCUT2D eigenvalue weighted by Gasteiger charge is -2.14. The van der Waals surface area contributed by atoms with Gasteiger partial charge >= 0.3 is 0 Å². The first kappa shape index (κ1) is 13.1. The quantitative estimate of drug-likeness (QED) is 0.875. The lowest BCUT2D eigenvalue weighted by Crippen LogP contribution is -2.06. The highest BCUT2D eigenvalue weighted by Crippen LogP contribution is 2.27. The number of aryl methyl sites for hydroxylation is 3. The van der Waals surface area contributed by atoms with Crippen LogP contribution in [0, 0.1) is 13.8 Å². The number of hydrogen-bond donors (Lipinski definition) is 1. The number of nitrogens with one attached hydrogen (secondary N) is 1. The van der Waals surface area contributed by atoms with Crippen LogP contribution in [0.2, 0.25) is 0 Å². The molecule has 0 spiro atoms. The Kier molecular flexibility index (Phi) is 4.02. The van der Waals surface area contributed by atoms with Gasteiger partial charge in [-0.3, -0.25) is 0 Å². The average molecular weight is 260 g/mol. The largest absolute Gasteiger partial charge is 0.378 e. The van der Waals surface area contributed by atoms with E-state index in [1.807, 2.05) is 0 Å². The highest BCUT2D eigenvalue weighted by atomic mass is 32.1. The van der Waals surface area contributed by atoms with Gasteiger partial charge in [-0.2, -0.15) is 0 Å². The second-order valence-electron chi connectivity index (χ2n) is 4.60. The van der Waals surface area contributed by atoms with Crippen LogP contribution >= 0.6 is 11.3 Å². The van der Waals surface area contributed by atoms with Gasteiger partial charge in [-0.1, -0.05) is 19.1 Å². The summed E-state index contributed by atoms with van der Waals surface area (Å²) in [6.07, 6.45) is 1.09. The van der Waals surface area contributed by atoms with Crippen LogP contribution in [0.1, 0.15) is 41.0 Å². The number of thiazole rings is 1. The molecule has 2 rings (SSSR count). The van der Waals surface area contributed by atoms with E-state index in [-0.39, 0.29) is 0 Å². The maximum atomic E-state index is 4.48. The minimum absolute atomic E-state index is 0.309. The Bertz CT molecular complexity index is 514. The van der Waals surface area contributed by atoms with Crippen LogP contribution in [0.3, 0.4) is 0 Å². The van der Waals surface area contributed by atoms with Gasteiger partial charge in [-0.25, -0.2) is 4.98 Å². The topological polar surface area (TPSA) is 24.9 Å². The first-order valence-electron chi connectivity index (χ1n) is 6.39. The number of benzene rings is 1. The molecule has 1 heterocycles. The first-order chi connectivity index (χ1) is 8.60. The molecule has 96 valence electrons. The molecule has 0 amide bonds. The van der Waals surface area contributed by atoms with Crippen molar-refractivity contribution in [3.05, 3.63) is 45.4 Å². The van der Waals surface area contributed by atoms with Crippen molar-refractivity contribution >= 4 is 17.0 Å². The average Bonchev–Trinajstić information content (AvgIpc) is 2.69.